The van der Waals surface area contributed by atoms with Crippen LogP contribution in [0.1, 0.15) is 29.4 Å². The van der Waals surface area contributed by atoms with E-state index in [1.54, 1.807) is 35.3 Å². The van der Waals surface area contributed by atoms with Gasteiger partial charge in [0.05, 0.1) is 18.3 Å². The number of aromatic nitrogens is 4. The Hall–Kier alpha value is -4.00. The zero-order chi connectivity index (χ0) is 20.9. The van der Waals surface area contributed by atoms with Crippen LogP contribution in [0.3, 0.4) is 0 Å². The van der Waals surface area contributed by atoms with Gasteiger partial charge in [0.1, 0.15) is 5.78 Å². The van der Waals surface area contributed by atoms with E-state index in [0.717, 1.165) is 16.8 Å². The monoisotopic (exact) mass is 399 g/mol. The van der Waals surface area contributed by atoms with Crippen LogP contribution in [0, 0.1) is 0 Å². The molecule has 0 spiro atoms. The van der Waals surface area contributed by atoms with Crippen LogP contribution in [-0.4, -0.2) is 31.4 Å². The topological polar surface area (TPSA) is 92.7 Å². The number of imidazole rings is 1. The minimum atomic E-state index is -0.273. The first-order valence-electron chi connectivity index (χ1n) is 9.70. The second kappa shape index (κ2) is 8.57. The number of ketones is 1. The molecule has 4 rings (SSSR count). The molecule has 0 aliphatic rings. The molecule has 0 saturated carbocycles. The summed E-state index contributed by atoms with van der Waals surface area (Å²) in [6, 6.07) is 16.8. The molecule has 0 aliphatic carbocycles. The summed E-state index contributed by atoms with van der Waals surface area (Å²) in [7, 11) is 0. The number of hydrogen-bond acceptors (Lipinski definition) is 4. The van der Waals surface area contributed by atoms with Crippen LogP contribution in [0.2, 0.25) is 0 Å². The minimum Gasteiger partial charge on any atom is -0.299 e. The van der Waals surface area contributed by atoms with E-state index in [0.29, 0.717) is 23.6 Å². The highest BCUT2D eigenvalue weighted by Crippen LogP contribution is 2.20. The van der Waals surface area contributed by atoms with Gasteiger partial charge in [0.25, 0.3) is 5.91 Å². The lowest BCUT2D eigenvalue weighted by Crippen LogP contribution is -2.15. The second-order valence-electron chi connectivity index (χ2n) is 6.85. The van der Waals surface area contributed by atoms with Gasteiger partial charge in [0.15, 0.2) is 0 Å². The van der Waals surface area contributed by atoms with E-state index in [1.165, 1.54) is 0 Å². The lowest BCUT2D eigenvalue weighted by molar-refractivity contribution is -0.118. The Morgan fingerprint density at radius 3 is 2.47 bits per heavy atom. The van der Waals surface area contributed by atoms with Crippen molar-refractivity contribution in [3.05, 3.63) is 84.4 Å². The lowest BCUT2D eigenvalue weighted by Gasteiger charge is -2.09. The smallest absolute Gasteiger partial charge is 0.257 e. The van der Waals surface area contributed by atoms with Crippen LogP contribution in [0.25, 0.3) is 16.8 Å². The van der Waals surface area contributed by atoms with Gasteiger partial charge in [-0.05, 0) is 29.8 Å². The predicted octanol–water partition coefficient (Wildman–Crippen LogP) is 4.04. The predicted molar refractivity (Wildman–Crippen MR) is 115 cm³/mol. The van der Waals surface area contributed by atoms with Gasteiger partial charge < -0.3 is 0 Å². The number of nitrogens with one attached hydrogen (secondary N) is 2. The summed E-state index contributed by atoms with van der Waals surface area (Å²) in [6.07, 6.45) is 6.00. The molecule has 7 nitrogen and oxygen atoms in total. The number of aromatic amines is 1. The van der Waals surface area contributed by atoms with E-state index in [2.05, 4.69) is 20.5 Å². The third-order valence-corrected chi connectivity index (χ3v) is 4.77. The Morgan fingerprint density at radius 1 is 1.03 bits per heavy atom. The molecule has 4 aromatic rings. The average molecular weight is 399 g/mol. The summed E-state index contributed by atoms with van der Waals surface area (Å²) in [5.41, 5.74) is 3.90. The SMILES string of the molecule is CCC(=O)Cc1cn(-c2ccccc2)c(NC(=O)c2ccc(-c3cn[nH]c3)cc2)n1. The van der Waals surface area contributed by atoms with E-state index >= 15 is 0 Å². The summed E-state index contributed by atoms with van der Waals surface area (Å²) in [4.78, 5) is 29.2. The molecule has 2 heterocycles. The highest BCUT2D eigenvalue weighted by Gasteiger charge is 2.15. The molecule has 2 N–H and O–H groups in total. The van der Waals surface area contributed by atoms with Crippen LogP contribution in [0.4, 0.5) is 5.95 Å². The Kier molecular flexibility index (Phi) is 5.52. The van der Waals surface area contributed by atoms with Crippen LogP contribution >= 0.6 is 0 Å². The first-order valence-corrected chi connectivity index (χ1v) is 9.70. The quantitative estimate of drug-likeness (QED) is 0.491. The molecule has 0 radical (unpaired) electrons. The molecule has 0 aliphatic heterocycles. The third-order valence-electron chi connectivity index (χ3n) is 4.77. The maximum absolute atomic E-state index is 12.8. The fraction of sp³-hybridized carbons (Fsp3) is 0.130. The Morgan fingerprint density at radius 2 is 1.80 bits per heavy atom. The van der Waals surface area contributed by atoms with Crippen molar-refractivity contribution >= 4 is 17.6 Å². The normalized spacial score (nSPS) is 10.7. The van der Waals surface area contributed by atoms with Crippen molar-refractivity contribution in [3.8, 4) is 16.8 Å². The summed E-state index contributed by atoms with van der Waals surface area (Å²) in [5, 5.41) is 9.59. The fourth-order valence-corrected chi connectivity index (χ4v) is 3.11. The van der Waals surface area contributed by atoms with Crippen molar-refractivity contribution < 1.29 is 9.59 Å². The maximum Gasteiger partial charge on any atom is 0.257 e. The van der Waals surface area contributed by atoms with E-state index in [4.69, 9.17) is 0 Å². The van der Waals surface area contributed by atoms with Crippen molar-refractivity contribution in [2.45, 2.75) is 19.8 Å². The standard InChI is InChI=1S/C23H21N5O2/c1-2-21(29)12-19-15-28(20-6-4-3-5-7-20)23(26-19)27-22(30)17-10-8-16(9-11-17)18-13-24-25-14-18/h3-11,13-15H,2,12H2,1H3,(H,24,25)(H,26,27,30). The van der Waals surface area contributed by atoms with Crippen molar-refractivity contribution in [1.29, 1.82) is 0 Å². The van der Waals surface area contributed by atoms with Gasteiger partial charge in [-0.15, -0.1) is 0 Å². The molecule has 1 amide bonds. The molecule has 2 aromatic carbocycles. The van der Waals surface area contributed by atoms with Crippen molar-refractivity contribution in [2.24, 2.45) is 0 Å². The zero-order valence-corrected chi connectivity index (χ0v) is 16.5. The first kappa shape index (κ1) is 19.3. The molecule has 30 heavy (non-hydrogen) atoms. The number of anilines is 1. The number of benzene rings is 2. The van der Waals surface area contributed by atoms with Crippen molar-refractivity contribution in [3.63, 3.8) is 0 Å². The zero-order valence-electron chi connectivity index (χ0n) is 16.5. The molecule has 0 fully saturated rings. The number of carbonyl (C=O) groups is 2. The first-order chi connectivity index (χ1) is 14.6. The van der Waals surface area contributed by atoms with Gasteiger partial charge >= 0.3 is 0 Å². The van der Waals surface area contributed by atoms with Crippen LogP contribution in [-0.2, 0) is 11.2 Å². The lowest BCUT2D eigenvalue weighted by atomic mass is 10.1. The Balaban J connectivity index is 1.59. The number of carbonyl (C=O) groups excluding carboxylic acids is 2. The fourth-order valence-electron chi connectivity index (χ4n) is 3.11. The highest BCUT2D eigenvalue weighted by atomic mass is 16.1. The average Bonchev–Trinajstić information content (AvgIpc) is 3.45. The molecule has 0 saturated heterocycles. The molecule has 0 bridgehead atoms. The van der Waals surface area contributed by atoms with Gasteiger partial charge in [-0.2, -0.15) is 5.10 Å². The summed E-state index contributed by atoms with van der Waals surface area (Å²) < 4.78 is 1.79. The number of para-hydroxylation sites is 1. The second-order valence-corrected chi connectivity index (χ2v) is 6.85. The Labute approximate surface area is 173 Å². The summed E-state index contributed by atoms with van der Waals surface area (Å²) in [5.74, 6) is 0.203. The third kappa shape index (κ3) is 4.20. The van der Waals surface area contributed by atoms with Crippen LogP contribution < -0.4 is 5.32 Å². The summed E-state index contributed by atoms with van der Waals surface area (Å²) >= 11 is 0. The molecule has 2 aromatic heterocycles. The Bertz CT molecular complexity index is 1150. The van der Waals surface area contributed by atoms with Crippen molar-refractivity contribution in [1.82, 2.24) is 19.7 Å². The van der Waals surface area contributed by atoms with Gasteiger partial charge in [0, 0.05) is 35.6 Å². The number of amides is 1. The van der Waals surface area contributed by atoms with Gasteiger partial charge in [-0.1, -0.05) is 37.3 Å². The number of rotatable bonds is 7. The molecular formula is C23H21N5O2. The number of nitrogens with zero attached hydrogens (tertiary/aromatic N) is 3. The number of hydrogen-bond donors (Lipinski definition) is 2. The number of H-pyrrole nitrogens is 1. The van der Waals surface area contributed by atoms with Crippen LogP contribution in [0.5, 0.6) is 0 Å². The maximum atomic E-state index is 12.8. The summed E-state index contributed by atoms with van der Waals surface area (Å²) in [6.45, 7) is 1.83. The molecule has 0 unspecified atom stereocenters. The van der Waals surface area contributed by atoms with Gasteiger partial charge in [0.2, 0.25) is 5.95 Å². The molecule has 150 valence electrons. The largest absolute Gasteiger partial charge is 0.299 e. The van der Waals surface area contributed by atoms with E-state index < -0.39 is 0 Å². The molecular weight excluding hydrogens is 378 g/mol. The van der Waals surface area contributed by atoms with Crippen LogP contribution in [0.15, 0.2) is 73.2 Å². The van der Waals surface area contributed by atoms with Gasteiger partial charge in [-0.25, -0.2) is 4.98 Å². The van der Waals surface area contributed by atoms with E-state index in [-0.39, 0.29) is 18.1 Å². The minimum absolute atomic E-state index is 0.0976. The molecule has 7 heteroatoms. The van der Waals surface area contributed by atoms with E-state index in [9.17, 15) is 9.59 Å². The van der Waals surface area contributed by atoms with Gasteiger partial charge in [-0.3, -0.25) is 24.6 Å². The van der Waals surface area contributed by atoms with E-state index in [1.807, 2.05) is 49.4 Å². The number of Topliss-reactive ketones (excluding diaryl/α,β-unsaturated/α-hetero) is 1. The molecule has 0 atom stereocenters. The van der Waals surface area contributed by atoms with Crippen molar-refractivity contribution in [2.75, 3.05) is 5.32 Å². The highest BCUT2D eigenvalue weighted by molar-refractivity contribution is 6.03.